The minimum absolute atomic E-state index is 0.0183. The third-order valence-electron chi connectivity index (χ3n) is 3.69. The topological polar surface area (TPSA) is 72.6 Å². The number of nitrogens with zero attached hydrogens (tertiary/aromatic N) is 1. The summed E-state index contributed by atoms with van der Waals surface area (Å²) in [5, 5.41) is 0. The van der Waals surface area contributed by atoms with Crippen molar-refractivity contribution >= 4 is 11.8 Å². The zero-order chi connectivity index (χ0) is 14.5. The van der Waals surface area contributed by atoms with E-state index >= 15 is 0 Å². The van der Waals surface area contributed by atoms with Crippen LogP contribution in [0.25, 0.3) is 0 Å². The molecule has 1 aromatic carbocycles. The zero-order valence-corrected chi connectivity index (χ0v) is 11.7. The van der Waals surface area contributed by atoms with E-state index in [1.165, 1.54) is 0 Å². The molecule has 0 unspecified atom stereocenters. The molecule has 5 heteroatoms. The van der Waals surface area contributed by atoms with Gasteiger partial charge in [0.15, 0.2) is 0 Å². The number of methoxy groups -OCH3 is 1. The first-order valence-electron chi connectivity index (χ1n) is 6.85. The minimum Gasteiger partial charge on any atom is -0.497 e. The van der Waals surface area contributed by atoms with Crippen LogP contribution in [0.15, 0.2) is 24.3 Å². The zero-order valence-electron chi connectivity index (χ0n) is 11.7. The van der Waals surface area contributed by atoms with E-state index in [0.29, 0.717) is 11.3 Å². The van der Waals surface area contributed by atoms with E-state index in [-0.39, 0.29) is 18.5 Å². The van der Waals surface area contributed by atoms with E-state index < -0.39 is 5.91 Å². The second kappa shape index (κ2) is 6.41. The number of primary amides is 1. The van der Waals surface area contributed by atoms with Crippen LogP contribution in [0.5, 0.6) is 5.75 Å². The van der Waals surface area contributed by atoms with Crippen LogP contribution in [0.1, 0.15) is 36.0 Å². The molecule has 0 aliphatic heterocycles. The monoisotopic (exact) mass is 276 g/mol. The molecule has 0 saturated heterocycles. The second-order valence-corrected chi connectivity index (χ2v) is 5.07. The van der Waals surface area contributed by atoms with Crippen LogP contribution in [-0.4, -0.2) is 36.4 Å². The number of benzene rings is 1. The van der Waals surface area contributed by atoms with Crippen molar-refractivity contribution in [2.75, 3.05) is 13.7 Å². The lowest BCUT2D eigenvalue weighted by molar-refractivity contribution is -0.119. The molecule has 1 saturated carbocycles. The van der Waals surface area contributed by atoms with E-state index in [2.05, 4.69) is 0 Å². The summed E-state index contributed by atoms with van der Waals surface area (Å²) in [4.78, 5) is 25.4. The lowest BCUT2D eigenvalue weighted by Crippen LogP contribution is -2.44. The molecule has 1 fully saturated rings. The van der Waals surface area contributed by atoms with E-state index in [9.17, 15) is 9.59 Å². The van der Waals surface area contributed by atoms with Crippen molar-refractivity contribution in [1.29, 1.82) is 0 Å². The van der Waals surface area contributed by atoms with Gasteiger partial charge in [0, 0.05) is 11.6 Å². The van der Waals surface area contributed by atoms with Crippen LogP contribution in [0, 0.1) is 0 Å². The fourth-order valence-electron chi connectivity index (χ4n) is 2.65. The number of ether oxygens (including phenoxy) is 1. The lowest BCUT2D eigenvalue weighted by Gasteiger charge is -2.27. The largest absolute Gasteiger partial charge is 0.497 e. The third-order valence-corrected chi connectivity index (χ3v) is 3.69. The summed E-state index contributed by atoms with van der Waals surface area (Å²) in [5.41, 5.74) is 5.82. The molecule has 0 radical (unpaired) electrons. The SMILES string of the molecule is COc1ccc(C(=O)N(CC(N)=O)C2CCCC2)cc1. The molecule has 0 bridgehead atoms. The summed E-state index contributed by atoms with van der Waals surface area (Å²) in [7, 11) is 1.58. The Balaban J connectivity index is 2.17. The molecule has 2 amide bonds. The smallest absolute Gasteiger partial charge is 0.254 e. The standard InChI is InChI=1S/C15H20N2O3/c1-20-13-8-6-11(7-9-13)15(19)17(10-14(16)18)12-4-2-3-5-12/h6-9,12H,2-5,10H2,1H3,(H2,16,18). The van der Waals surface area contributed by atoms with Crippen molar-refractivity contribution in [3.8, 4) is 5.75 Å². The van der Waals surface area contributed by atoms with Gasteiger partial charge in [0.1, 0.15) is 5.75 Å². The highest BCUT2D eigenvalue weighted by Gasteiger charge is 2.28. The van der Waals surface area contributed by atoms with Gasteiger partial charge in [-0.2, -0.15) is 0 Å². The van der Waals surface area contributed by atoms with Gasteiger partial charge >= 0.3 is 0 Å². The fraction of sp³-hybridized carbons (Fsp3) is 0.467. The Labute approximate surface area is 118 Å². The number of carbonyl (C=O) groups is 2. The van der Waals surface area contributed by atoms with Crippen molar-refractivity contribution in [3.05, 3.63) is 29.8 Å². The minimum atomic E-state index is -0.473. The van der Waals surface area contributed by atoms with E-state index in [1.807, 2.05) is 0 Å². The molecule has 0 spiro atoms. The molecule has 1 aliphatic rings. The van der Waals surface area contributed by atoms with Crippen LogP contribution < -0.4 is 10.5 Å². The second-order valence-electron chi connectivity index (χ2n) is 5.07. The van der Waals surface area contributed by atoms with E-state index in [0.717, 1.165) is 25.7 Å². The van der Waals surface area contributed by atoms with Crippen LogP contribution in [0.4, 0.5) is 0 Å². The Bertz CT molecular complexity index is 478. The van der Waals surface area contributed by atoms with Crippen molar-refractivity contribution in [1.82, 2.24) is 4.90 Å². The van der Waals surface area contributed by atoms with Crippen LogP contribution in [-0.2, 0) is 4.79 Å². The molecule has 0 atom stereocenters. The molecule has 2 rings (SSSR count). The van der Waals surface area contributed by atoms with Gasteiger partial charge in [-0.15, -0.1) is 0 Å². The van der Waals surface area contributed by atoms with E-state index in [4.69, 9.17) is 10.5 Å². The van der Waals surface area contributed by atoms with Crippen LogP contribution in [0.3, 0.4) is 0 Å². The van der Waals surface area contributed by atoms with Crippen molar-refractivity contribution in [2.45, 2.75) is 31.7 Å². The Morgan fingerprint density at radius 2 is 1.85 bits per heavy atom. The van der Waals surface area contributed by atoms with Crippen molar-refractivity contribution in [3.63, 3.8) is 0 Å². The molecule has 20 heavy (non-hydrogen) atoms. The first-order valence-corrected chi connectivity index (χ1v) is 6.85. The molecule has 108 valence electrons. The quantitative estimate of drug-likeness (QED) is 0.887. The Hall–Kier alpha value is -2.04. The van der Waals surface area contributed by atoms with Gasteiger partial charge in [0.05, 0.1) is 13.7 Å². The summed E-state index contributed by atoms with van der Waals surface area (Å²) in [6, 6.07) is 7.03. The van der Waals surface area contributed by atoms with Crippen LogP contribution >= 0.6 is 0 Å². The summed E-state index contributed by atoms with van der Waals surface area (Å²) in [6.07, 6.45) is 4.07. The molecular formula is C15H20N2O3. The average molecular weight is 276 g/mol. The van der Waals surface area contributed by atoms with Crippen molar-refractivity contribution in [2.24, 2.45) is 5.73 Å². The maximum atomic E-state index is 12.5. The van der Waals surface area contributed by atoms with Gasteiger partial charge in [0.25, 0.3) is 5.91 Å². The highest BCUT2D eigenvalue weighted by Crippen LogP contribution is 2.25. The van der Waals surface area contributed by atoms with Crippen LogP contribution in [0.2, 0.25) is 0 Å². The highest BCUT2D eigenvalue weighted by molar-refractivity contribution is 5.96. The normalized spacial score (nSPS) is 15.1. The predicted molar refractivity (Wildman–Crippen MR) is 75.5 cm³/mol. The van der Waals surface area contributed by atoms with Gasteiger partial charge < -0.3 is 15.4 Å². The van der Waals surface area contributed by atoms with Gasteiger partial charge in [-0.3, -0.25) is 9.59 Å². The molecular weight excluding hydrogens is 256 g/mol. The Morgan fingerprint density at radius 3 is 2.35 bits per heavy atom. The summed E-state index contributed by atoms with van der Waals surface area (Å²) in [5.74, 6) is 0.0842. The number of hydrogen-bond acceptors (Lipinski definition) is 3. The molecule has 2 N–H and O–H groups in total. The van der Waals surface area contributed by atoms with E-state index in [1.54, 1.807) is 36.3 Å². The predicted octanol–water partition coefficient (Wildman–Crippen LogP) is 1.57. The summed E-state index contributed by atoms with van der Waals surface area (Å²) in [6.45, 7) is -0.0183. The summed E-state index contributed by atoms with van der Waals surface area (Å²) < 4.78 is 5.07. The first kappa shape index (κ1) is 14.4. The number of hydrogen-bond donors (Lipinski definition) is 1. The Kier molecular flexibility index (Phi) is 4.61. The van der Waals surface area contributed by atoms with Crippen molar-refractivity contribution < 1.29 is 14.3 Å². The summed E-state index contributed by atoms with van der Waals surface area (Å²) >= 11 is 0. The Morgan fingerprint density at radius 1 is 1.25 bits per heavy atom. The number of carbonyl (C=O) groups excluding carboxylic acids is 2. The third kappa shape index (κ3) is 3.29. The molecule has 1 aliphatic carbocycles. The molecule has 0 aromatic heterocycles. The maximum Gasteiger partial charge on any atom is 0.254 e. The molecule has 1 aromatic rings. The fourth-order valence-corrected chi connectivity index (χ4v) is 2.65. The lowest BCUT2D eigenvalue weighted by atomic mass is 10.1. The molecule has 5 nitrogen and oxygen atoms in total. The molecule has 0 heterocycles. The highest BCUT2D eigenvalue weighted by atomic mass is 16.5. The first-order chi connectivity index (χ1) is 9.61. The number of nitrogens with two attached hydrogens (primary N) is 1. The maximum absolute atomic E-state index is 12.5. The average Bonchev–Trinajstić information content (AvgIpc) is 2.98. The van der Waals surface area contributed by atoms with Gasteiger partial charge in [-0.05, 0) is 37.1 Å². The van der Waals surface area contributed by atoms with Gasteiger partial charge in [-0.1, -0.05) is 12.8 Å². The van der Waals surface area contributed by atoms with Gasteiger partial charge in [0.2, 0.25) is 5.91 Å². The number of amides is 2. The van der Waals surface area contributed by atoms with Gasteiger partial charge in [-0.25, -0.2) is 0 Å². The number of rotatable bonds is 5.